The van der Waals surface area contributed by atoms with Crippen LogP contribution in [0.5, 0.6) is 0 Å². The molecule has 0 saturated carbocycles. The average Bonchev–Trinajstić information content (AvgIpc) is 2.72. The van der Waals surface area contributed by atoms with Crippen LogP contribution < -0.4 is 4.90 Å². The van der Waals surface area contributed by atoms with Gasteiger partial charge in [0.15, 0.2) is 0 Å². The Morgan fingerprint density at radius 3 is 1.93 bits per heavy atom. The second-order valence-corrected chi connectivity index (χ2v) is 6.51. The summed E-state index contributed by atoms with van der Waals surface area (Å²) in [6.45, 7) is 0. The standard InChI is InChI=1S/C21H18N4O4/c1-23(2)20-12-3-15(13-21(20)25(28)29)14-22-18-8-4-16(5-9-18)17-6-10-19(11-7-17)24(26)27/h3-14H,1-2H3. The van der Waals surface area contributed by atoms with Crippen molar-refractivity contribution in [3.63, 3.8) is 0 Å². The lowest BCUT2D eigenvalue weighted by Gasteiger charge is -2.12. The first kappa shape index (κ1) is 19.7. The summed E-state index contributed by atoms with van der Waals surface area (Å²) < 4.78 is 0. The third-order valence-electron chi connectivity index (χ3n) is 4.32. The number of aliphatic imine (C=N–C) groups is 1. The molecule has 0 atom stereocenters. The van der Waals surface area contributed by atoms with E-state index in [4.69, 9.17) is 0 Å². The van der Waals surface area contributed by atoms with Gasteiger partial charge >= 0.3 is 0 Å². The Bertz CT molecular complexity index is 1070. The van der Waals surface area contributed by atoms with Gasteiger partial charge in [-0.05, 0) is 47.0 Å². The van der Waals surface area contributed by atoms with Crippen molar-refractivity contribution in [3.8, 4) is 11.1 Å². The first-order valence-corrected chi connectivity index (χ1v) is 8.70. The van der Waals surface area contributed by atoms with Crippen LogP contribution in [-0.2, 0) is 0 Å². The Balaban J connectivity index is 1.79. The molecule has 0 amide bonds. The number of hydrogen-bond donors (Lipinski definition) is 0. The molecule has 0 heterocycles. The third-order valence-corrected chi connectivity index (χ3v) is 4.32. The lowest BCUT2D eigenvalue weighted by molar-refractivity contribution is -0.384. The highest BCUT2D eigenvalue weighted by atomic mass is 16.6. The molecule has 0 aromatic heterocycles. The molecule has 8 heteroatoms. The predicted molar refractivity (Wildman–Crippen MR) is 113 cm³/mol. The molecule has 0 N–H and O–H groups in total. The minimum Gasteiger partial charge on any atom is -0.372 e. The molecule has 0 aliphatic carbocycles. The van der Waals surface area contributed by atoms with Crippen molar-refractivity contribution >= 4 is 29.0 Å². The number of nitro groups is 2. The first-order chi connectivity index (χ1) is 13.8. The zero-order chi connectivity index (χ0) is 21.0. The fourth-order valence-electron chi connectivity index (χ4n) is 2.81. The summed E-state index contributed by atoms with van der Waals surface area (Å²) in [6.07, 6.45) is 1.58. The van der Waals surface area contributed by atoms with E-state index in [1.165, 1.54) is 18.2 Å². The van der Waals surface area contributed by atoms with Crippen molar-refractivity contribution in [2.75, 3.05) is 19.0 Å². The Morgan fingerprint density at radius 2 is 1.41 bits per heavy atom. The van der Waals surface area contributed by atoms with Gasteiger partial charge in [-0.15, -0.1) is 0 Å². The lowest BCUT2D eigenvalue weighted by atomic mass is 10.1. The summed E-state index contributed by atoms with van der Waals surface area (Å²) in [4.78, 5) is 27.2. The number of rotatable bonds is 6. The Labute approximate surface area is 167 Å². The van der Waals surface area contributed by atoms with Crippen LogP contribution in [0.1, 0.15) is 5.56 Å². The van der Waals surface area contributed by atoms with E-state index in [-0.39, 0.29) is 11.4 Å². The zero-order valence-electron chi connectivity index (χ0n) is 15.9. The van der Waals surface area contributed by atoms with E-state index in [0.717, 1.165) is 11.1 Å². The van der Waals surface area contributed by atoms with Crippen molar-refractivity contribution in [1.82, 2.24) is 0 Å². The second-order valence-electron chi connectivity index (χ2n) is 6.51. The van der Waals surface area contributed by atoms with Crippen LogP contribution in [0.15, 0.2) is 71.7 Å². The number of non-ortho nitro benzene ring substituents is 1. The molecule has 0 radical (unpaired) electrons. The van der Waals surface area contributed by atoms with E-state index in [0.29, 0.717) is 16.9 Å². The fraction of sp³-hybridized carbons (Fsp3) is 0.0952. The van der Waals surface area contributed by atoms with Crippen LogP contribution in [-0.4, -0.2) is 30.2 Å². The van der Waals surface area contributed by atoms with Crippen molar-refractivity contribution < 1.29 is 9.85 Å². The highest BCUT2D eigenvalue weighted by Gasteiger charge is 2.15. The number of hydrogen-bond acceptors (Lipinski definition) is 6. The summed E-state index contributed by atoms with van der Waals surface area (Å²) in [5, 5.41) is 22.0. The molecule has 3 rings (SSSR count). The summed E-state index contributed by atoms with van der Waals surface area (Å²) in [6, 6.07) is 18.6. The Morgan fingerprint density at radius 1 is 0.828 bits per heavy atom. The van der Waals surface area contributed by atoms with Gasteiger partial charge in [-0.3, -0.25) is 25.2 Å². The van der Waals surface area contributed by atoms with Gasteiger partial charge in [0.05, 0.1) is 15.5 Å². The molecule has 0 unspecified atom stereocenters. The van der Waals surface area contributed by atoms with Gasteiger partial charge in [-0.2, -0.15) is 0 Å². The van der Waals surface area contributed by atoms with E-state index in [1.807, 2.05) is 24.3 Å². The van der Waals surface area contributed by atoms with Crippen LogP contribution in [0.3, 0.4) is 0 Å². The van der Waals surface area contributed by atoms with Gasteiger partial charge in [0.1, 0.15) is 5.69 Å². The summed E-state index contributed by atoms with van der Waals surface area (Å²) in [5.74, 6) is 0. The topological polar surface area (TPSA) is 102 Å². The highest BCUT2D eigenvalue weighted by Crippen LogP contribution is 2.28. The van der Waals surface area contributed by atoms with Crippen LogP contribution >= 0.6 is 0 Å². The molecular formula is C21H18N4O4. The van der Waals surface area contributed by atoms with Gasteiger partial charge in [0, 0.05) is 38.5 Å². The van der Waals surface area contributed by atoms with Crippen molar-refractivity contribution in [1.29, 1.82) is 0 Å². The monoisotopic (exact) mass is 390 g/mol. The van der Waals surface area contributed by atoms with Gasteiger partial charge in [-0.1, -0.05) is 18.2 Å². The summed E-state index contributed by atoms with van der Waals surface area (Å²) >= 11 is 0. The molecule has 0 fully saturated rings. The van der Waals surface area contributed by atoms with Gasteiger partial charge in [0.25, 0.3) is 11.4 Å². The van der Waals surface area contributed by atoms with E-state index >= 15 is 0 Å². The molecule has 29 heavy (non-hydrogen) atoms. The smallest absolute Gasteiger partial charge is 0.293 e. The quantitative estimate of drug-likeness (QED) is 0.335. The molecule has 0 aliphatic heterocycles. The highest BCUT2D eigenvalue weighted by molar-refractivity contribution is 5.85. The van der Waals surface area contributed by atoms with Crippen molar-refractivity contribution in [2.45, 2.75) is 0 Å². The van der Waals surface area contributed by atoms with Gasteiger partial charge in [-0.25, -0.2) is 0 Å². The second kappa shape index (κ2) is 8.30. The first-order valence-electron chi connectivity index (χ1n) is 8.70. The predicted octanol–water partition coefficient (Wildman–Crippen LogP) is 4.99. The molecule has 0 aliphatic rings. The molecule has 8 nitrogen and oxygen atoms in total. The molecule has 146 valence electrons. The molecule has 3 aromatic rings. The van der Waals surface area contributed by atoms with Crippen LogP contribution in [0.4, 0.5) is 22.7 Å². The molecule has 3 aromatic carbocycles. The van der Waals surface area contributed by atoms with Gasteiger partial charge < -0.3 is 4.90 Å². The Kier molecular flexibility index (Phi) is 5.64. The van der Waals surface area contributed by atoms with Crippen LogP contribution in [0.2, 0.25) is 0 Å². The fourth-order valence-corrected chi connectivity index (χ4v) is 2.81. The number of nitrogens with zero attached hydrogens (tertiary/aromatic N) is 4. The normalized spacial score (nSPS) is 10.8. The lowest BCUT2D eigenvalue weighted by Crippen LogP contribution is -2.11. The van der Waals surface area contributed by atoms with E-state index in [2.05, 4.69) is 4.99 Å². The van der Waals surface area contributed by atoms with E-state index in [1.54, 1.807) is 49.5 Å². The van der Waals surface area contributed by atoms with E-state index in [9.17, 15) is 20.2 Å². The number of nitro benzene ring substituents is 2. The largest absolute Gasteiger partial charge is 0.372 e. The summed E-state index contributed by atoms with van der Waals surface area (Å²) in [5.41, 5.74) is 3.68. The van der Waals surface area contributed by atoms with Crippen molar-refractivity contribution in [2.24, 2.45) is 4.99 Å². The minimum absolute atomic E-state index is 0.0208. The molecule has 0 bridgehead atoms. The maximum Gasteiger partial charge on any atom is 0.293 e. The SMILES string of the molecule is CN(C)c1ccc(C=Nc2ccc(-c3ccc([N+](=O)[O-])cc3)cc2)cc1[N+](=O)[O-]. The van der Waals surface area contributed by atoms with Crippen LogP contribution in [0, 0.1) is 20.2 Å². The minimum atomic E-state index is -0.434. The maximum atomic E-state index is 11.3. The zero-order valence-corrected chi connectivity index (χ0v) is 15.9. The number of anilines is 1. The van der Waals surface area contributed by atoms with Crippen molar-refractivity contribution in [3.05, 3.63) is 92.5 Å². The summed E-state index contributed by atoms with van der Waals surface area (Å²) in [7, 11) is 3.51. The van der Waals surface area contributed by atoms with E-state index < -0.39 is 9.85 Å². The van der Waals surface area contributed by atoms with Gasteiger partial charge in [0.2, 0.25) is 0 Å². The average molecular weight is 390 g/mol. The van der Waals surface area contributed by atoms with Crippen LogP contribution in [0.25, 0.3) is 11.1 Å². The molecule has 0 spiro atoms. The third kappa shape index (κ3) is 4.62. The molecular weight excluding hydrogens is 372 g/mol. The Hall–Kier alpha value is -4.07. The maximum absolute atomic E-state index is 11.3. The number of benzene rings is 3. The molecule has 0 saturated heterocycles.